The van der Waals surface area contributed by atoms with Crippen LogP contribution in [-0.4, -0.2) is 67.7 Å². The monoisotopic (exact) mass is 255 g/mol. The molecule has 2 saturated heterocycles. The van der Waals surface area contributed by atoms with Crippen LogP contribution in [-0.2, 0) is 9.53 Å². The van der Waals surface area contributed by atoms with E-state index in [1.807, 2.05) is 11.9 Å². The molecule has 0 bridgehead atoms. The highest BCUT2D eigenvalue weighted by atomic mass is 16.5. The number of likely N-dealkylation sites (tertiary alicyclic amines) is 1. The van der Waals surface area contributed by atoms with Crippen molar-refractivity contribution in [2.24, 2.45) is 5.73 Å². The van der Waals surface area contributed by atoms with E-state index in [4.69, 9.17) is 10.5 Å². The predicted octanol–water partition coefficient (Wildman–Crippen LogP) is 0.0453. The first-order chi connectivity index (χ1) is 8.61. The Balaban J connectivity index is 1.81. The Kier molecular flexibility index (Phi) is 4.59. The van der Waals surface area contributed by atoms with Gasteiger partial charge in [0.05, 0.1) is 6.10 Å². The molecule has 104 valence electrons. The SMILES string of the molecule is CN(CC1CCCN1C)C(=O)C1CCC(CN)O1. The zero-order valence-electron chi connectivity index (χ0n) is 11.5. The van der Waals surface area contributed by atoms with Gasteiger partial charge in [-0.05, 0) is 39.3 Å². The van der Waals surface area contributed by atoms with E-state index in [-0.39, 0.29) is 18.1 Å². The minimum absolute atomic E-state index is 0.0708. The molecule has 3 atom stereocenters. The standard InChI is InChI=1S/C13H25N3O2/c1-15-7-3-4-10(15)9-16(2)13(17)12-6-5-11(8-14)18-12/h10-12H,3-9,14H2,1-2H3. The van der Waals surface area contributed by atoms with Gasteiger partial charge in [0, 0.05) is 26.2 Å². The fourth-order valence-electron chi connectivity index (χ4n) is 2.92. The summed E-state index contributed by atoms with van der Waals surface area (Å²) in [6.07, 6.45) is 3.94. The van der Waals surface area contributed by atoms with Crippen molar-refractivity contribution in [3.8, 4) is 0 Å². The van der Waals surface area contributed by atoms with Crippen molar-refractivity contribution < 1.29 is 9.53 Å². The molecule has 2 aliphatic rings. The third-order valence-electron chi connectivity index (χ3n) is 4.18. The number of carbonyl (C=O) groups is 1. The molecule has 0 aliphatic carbocycles. The summed E-state index contributed by atoms with van der Waals surface area (Å²) < 4.78 is 5.66. The lowest BCUT2D eigenvalue weighted by atomic mass is 10.1. The normalized spacial score (nSPS) is 32.9. The van der Waals surface area contributed by atoms with Crippen LogP contribution in [0.25, 0.3) is 0 Å². The molecule has 0 saturated carbocycles. The zero-order chi connectivity index (χ0) is 13.1. The Morgan fingerprint density at radius 2 is 2.22 bits per heavy atom. The number of rotatable bonds is 4. The van der Waals surface area contributed by atoms with Gasteiger partial charge in [0.2, 0.25) is 0 Å². The van der Waals surface area contributed by atoms with Crippen LogP contribution < -0.4 is 5.73 Å². The smallest absolute Gasteiger partial charge is 0.251 e. The minimum atomic E-state index is -0.268. The molecule has 5 nitrogen and oxygen atoms in total. The molecule has 0 aromatic heterocycles. The molecule has 3 unspecified atom stereocenters. The van der Waals surface area contributed by atoms with Gasteiger partial charge in [-0.3, -0.25) is 4.79 Å². The summed E-state index contributed by atoms with van der Waals surface area (Å²) in [6, 6.07) is 0.505. The predicted molar refractivity (Wildman–Crippen MR) is 70.2 cm³/mol. The first-order valence-electron chi connectivity index (χ1n) is 6.92. The number of amides is 1. The van der Waals surface area contributed by atoms with E-state index in [2.05, 4.69) is 11.9 Å². The van der Waals surface area contributed by atoms with E-state index < -0.39 is 0 Å². The second-order valence-corrected chi connectivity index (χ2v) is 5.56. The van der Waals surface area contributed by atoms with Gasteiger partial charge in [-0.2, -0.15) is 0 Å². The van der Waals surface area contributed by atoms with E-state index in [1.165, 1.54) is 12.8 Å². The zero-order valence-corrected chi connectivity index (χ0v) is 11.5. The summed E-state index contributed by atoms with van der Waals surface area (Å²) >= 11 is 0. The number of ether oxygens (including phenoxy) is 1. The van der Waals surface area contributed by atoms with Gasteiger partial charge in [0.15, 0.2) is 0 Å². The van der Waals surface area contributed by atoms with Gasteiger partial charge in [-0.25, -0.2) is 0 Å². The number of carbonyl (C=O) groups excluding carboxylic acids is 1. The van der Waals surface area contributed by atoms with Gasteiger partial charge < -0.3 is 20.3 Å². The highest BCUT2D eigenvalue weighted by molar-refractivity contribution is 5.81. The number of hydrogen-bond donors (Lipinski definition) is 1. The molecule has 18 heavy (non-hydrogen) atoms. The molecule has 1 amide bonds. The summed E-state index contributed by atoms with van der Waals surface area (Å²) in [5.41, 5.74) is 5.57. The van der Waals surface area contributed by atoms with Crippen molar-refractivity contribution in [3.05, 3.63) is 0 Å². The van der Waals surface area contributed by atoms with Crippen LogP contribution in [0.3, 0.4) is 0 Å². The third-order valence-corrected chi connectivity index (χ3v) is 4.18. The van der Waals surface area contributed by atoms with Crippen molar-refractivity contribution >= 4 is 5.91 Å². The molecule has 5 heteroatoms. The Labute approximate surface area is 109 Å². The van der Waals surface area contributed by atoms with Crippen LogP contribution >= 0.6 is 0 Å². The first-order valence-corrected chi connectivity index (χ1v) is 6.92. The molecule has 2 N–H and O–H groups in total. The lowest BCUT2D eigenvalue weighted by Crippen LogP contribution is -2.43. The quantitative estimate of drug-likeness (QED) is 0.771. The van der Waals surface area contributed by atoms with Crippen LogP contribution in [0.4, 0.5) is 0 Å². The minimum Gasteiger partial charge on any atom is -0.364 e. The van der Waals surface area contributed by atoms with Gasteiger partial charge in [0.1, 0.15) is 6.10 Å². The number of nitrogens with two attached hydrogens (primary N) is 1. The van der Waals surface area contributed by atoms with Crippen LogP contribution in [0.1, 0.15) is 25.7 Å². The second-order valence-electron chi connectivity index (χ2n) is 5.56. The van der Waals surface area contributed by atoms with E-state index >= 15 is 0 Å². The van der Waals surface area contributed by atoms with Crippen LogP contribution in [0, 0.1) is 0 Å². The van der Waals surface area contributed by atoms with Crippen LogP contribution in [0.5, 0.6) is 0 Å². The molecular formula is C13H25N3O2. The van der Waals surface area contributed by atoms with Crippen LogP contribution in [0.15, 0.2) is 0 Å². The molecule has 2 rings (SSSR count). The Morgan fingerprint density at radius 1 is 1.44 bits per heavy atom. The van der Waals surface area contributed by atoms with E-state index in [9.17, 15) is 4.79 Å². The van der Waals surface area contributed by atoms with E-state index in [0.29, 0.717) is 12.6 Å². The highest BCUT2D eigenvalue weighted by Crippen LogP contribution is 2.21. The van der Waals surface area contributed by atoms with Crippen molar-refractivity contribution in [3.63, 3.8) is 0 Å². The van der Waals surface area contributed by atoms with Crippen LogP contribution in [0.2, 0.25) is 0 Å². The second kappa shape index (κ2) is 5.99. The molecule has 2 heterocycles. The van der Waals surface area contributed by atoms with Gasteiger partial charge in [-0.15, -0.1) is 0 Å². The van der Waals surface area contributed by atoms with Gasteiger partial charge in [0.25, 0.3) is 5.91 Å². The molecular weight excluding hydrogens is 230 g/mol. The Hall–Kier alpha value is -0.650. The Morgan fingerprint density at radius 3 is 2.78 bits per heavy atom. The largest absolute Gasteiger partial charge is 0.364 e. The molecule has 0 aromatic carbocycles. The molecule has 0 radical (unpaired) electrons. The number of nitrogens with zero attached hydrogens (tertiary/aromatic N) is 2. The lowest BCUT2D eigenvalue weighted by Gasteiger charge is -2.27. The summed E-state index contributed by atoms with van der Waals surface area (Å²) in [4.78, 5) is 16.4. The maximum Gasteiger partial charge on any atom is 0.251 e. The van der Waals surface area contributed by atoms with E-state index in [1.54, 1.807) is 0 Å². The molecule has 0 spiro atoms. The number of likely N-dealkylation sites (N-methyl/N-ethyl adjacent to an activating group) is 2. The van der Waals surface area contributed by atoms with Gasteiger partial charge in [-0.1, -0.05) is 0 Å². The van der Waals surface area contributed by atoms with Crippen molar-refractivity contribution in [1.82, 2.24) is 9.80 Å². The van der Waals surface area contributed by atoms with Crippen molar-refractivity contribution in [2.45, 2.75) is 43.9 Å². The average Bonchev–Trinajstić information content (AvgIpc) is 2.98. The van der Waals surface area contributed by atoms with Gasteiger partial charge >= 0.3 is 0 Å². The highest BCUT2D eigenvalue weighted by Gasteiger charge is 2.33. The topological polar surface area (TPSA) is 58.8 Å². The summed E-state index contributed by atoms with van der Waals surface area (Å²) in [6.45, 7) is 2.46. The third kappa shape index (κ3) is 3.02. The molecule has 2 fully saturated rings. The fourth-order valence-corrected chi connectivity index (χ4v) is 2.92. The molecule has 0 aromatic rings. The average molecular weight is 255 g/mol. The summed E-state index contributed by atoms with van der Waals surface area (Å²) in [5.74, 6) is 0.117. The molecule has 2 aliphatic heterocycles. The van der Waals surface area contributed by atoms with E-state index in [0.717, 1.165) is 25.9 Å². The first kappa shape index (κ1) is 13.8. The fraction of sp³-hybridized carbons (Fsp3) is 0.923. The van der Waals surface area contributed by atoms with Crippen molar-refractivity contribution in [2.75, 3.05) is 33.7 Å². The summed E-state index contributed by atoms with van der Waals surface area (Å²) in [7, 11) is 4.01. The lowest BCUT2D eigenvalue weighted by molar-refractivity contribution is -0.141. The maximum absolute atomic E-state index is 12.2. The Bertz CT molecular complexity index is 298. The van der Waals surface area contributed by atoms with Crippen molar-refractivity contribution in [1.29, 1.82) is 0 Å². The number of hydrogen-bond acceptors (Lipinski definition) is 4. The maximum atomic E-state index is 12.2. The summed E-state index contributed by atoms with van der Waals surface area (Å²) in [5, 5.41) is 0.